The van der Waals surface area contributed by atoms with E-state index in [4.69, 9.17) is 60.6 Å². The van der Waals surface area contributed by atoms with E-state index in [-0.39, 0.29) is 31.6 Å². The minimum atomic E-state index is -1.23. The summed E-state index contributed by atoms with van der Waals surface area (Å²) in [6.45, 7) is 0.548. The fraction of sp³-hybridized carbons (Fsp3) is 0.619. The van der Waals surface area contributed by atoms with Gasteiger partial charge in [-0.3, -0.25) is 33.6 Å². The summed E-state index contributed by atoms with van der Waals surface area (Å²) in [5.41, 5.74) is 39.7. The number of thiol groups is 1. The van der Waals surface area contributed by atoms with Gasteiger partial charge in [0, 0.05) is 12.2 Å². The summed E-state index contributed by atoms with van der Waals surface area (Å²) in [4.78, 5) is 82.3. The highest BCUT2D eigenvalue weighted by Gasteiger charge is 2.22. The second-order valence-corrected chi connectivity index (χ2v) is 8.56. The number of aliphatic hydroxyl groups excluding tert-OH is 1. The Hall–Kier alpha value is -3.97. The molecular formula is C21H42N8O14S. The fourth-order valence-corrected chi connectivity index (χ4v) is 1.72. The fourth-order valence-electron chi connectivity index (χ4n) is 1.57. The minimum Gasteiger partial charge on any atom is -0.480 e. The van der Waals surface area contributed by atoms with Crippen LogP contribution in [0.4, 0.5) is 0 Å². The van der Waals surface area contributed by atoms with Crippen molar-refractivity contribution >= 4 is 60.3 Å². The van der Waals surface area contributed by atoms with Gasteiger partial charge in [0.2, 0.25) is 11.8 Å². The molecule has 256 valence electrons. The zero-order chi connectivity index (χ0) is 35.7. The molecule has 22 nitrogen and oxygen atoms in total. The van der Waals surface area contributed by atoms with E-state index in [0.717, 1.165) is 0 Å². The van der Waals surface area contributed by atoms with Crippen LogP contribution < -0.4 is 45.9 Å². The molecule has 0 saturated carbocycles. The van der Waals surface area contributed by atoms with Crippen molar-refractivity contribution in [2.24, 2.45) is 45.9 Å². The molecule has 0 bridgehead atoms. The first-order chi connectivity index (χ1) is 20.0. The number of carboxylic acids is 3. The van der Waals surface area contributed by atoms with Gasteiger partial charge < -0.3 is 75.8 Å². The molecule has 0 aliphatic heterocycles. The average Bonchev–Trinajstić information content (AvgIpc) is 2.93. The van der Waals surface area contributed by atoms with Crippen molar-refractivity contribution < 1.29 is 68.3 Å². The Morgan fingerprint density at radius 3 is 1.48 bits per heavy atom. The molecular weight excluding hydrogens is 620 g/mol. The van der Waals surface area contributed by atoms with E-state index >= 15 is 0 Å². The third kappa shape index (κ3) is 29.5. The van der Waals surface area contributed by atoms with Crippen LogP contribution in [-0.4, -0.2) is 123 Å². The Morgan fingerprint density at radius 2 is 1.18 bits per heavy atom. The molecule has 0 aliphatic carbocycles. The number of amides is 2. The van der Waals surface area contributed by atoms with E-state index < -0.39 is 90.5 Å². The number of carbonyl (C=O) groups is 8. The van der Waals surface area contributed by atoms with Crippen molar-refractivity contribution in [1.82, 2.24) is 0 Å². The second-order valence-electron chi connectivity index (χ2n) is 8.19. The summed E-state index contributed by atoms with van der Waals surface area (Å²) in [6.07, 6.45) is -1.24. The van der Waals surface area contributed by atoms with Gasteiger partial charge in [0.25, 0.3) is 0 Å². The number of aliphatic hydroxyl groups is 1. The zero-order valence-corrected chi connectivity index (χ0v) is 24.5. The quantitative estimate of drug-likeness (QED) is 0.0440. The number of nitrogens with two attached hydrogens (primary N) is 8. The third-order valence-corrected chi connectivity index (χ3v) is 4.55. The summed E-state index contributed by atoms with van der Waals surface area (Å²) in [5.74, 6) is -7.19. The number of esters is 3. The molecule has 0 radical (unpaired) electrons. The molecule has 0 rings (SSSR count). The van der Waals surface area contributed by atoms with Gasteiger partial charge in [-0.05, 0) is 13.3 Å². The van der Waals surface area contributed by atoms with E-state index in [1.807, 2.05) is 0 Å². The van der Waals surface area contributed by atoms with Gasteiger partial charge in [0.15, 0.2) is 0 Å². The molecule has 0 unspecified atom stereocenters. The number of hydrogen-bond acceptors (Lipinski definition) is 18. The number of rotatable bonds is 15. The van der Waals surface area contributed by atoms with Crippen LogP contribution in [-0.2, 0) is 47.8 Å². The number of primary amides is 2. The first-order valence-electron chi connectivity index (χ1n) is 12.0. The van der Waals surface area contributed by atoms with Crippen molar-refractivity contribution in [2.45, 2.75) is 62.5 Å². The molecule has 2 amide bonds. The summed E-state index contributed by atoms with van der Waals surface area (Å²) >= 11 is 3.77. The first kappa shape index (κ1) is 47.0. The lowest BCUT2D eigenvalue weighted by Gasteiger charge is -2.11. The van der Waals surface area contributed by atoms with Gasteiger partial charge in [0.1, 0.15) is 36.8 Å². The Labute approximate surface area is 256 Å². The van der Waals surface area contributed by atoms with Crippen LogP contribution in [0.2, 0.25) is 0 Å². The van der Waals surface area contributed by atoms with Crippen molar-refractivity contribution in [3.8, 4) is 0 Å². The lowest BCUT2D eigenvalue weighted by atomic mass is 10.2. The van der Waals surface area contributed by atoms with Crippen molar-refractivity contribution in [1.29, 1.82) is 0 Å². The SMILES string of the molecule is C[C@@H](O)[C@H](N)C(=O)OC(=O)CN.NC(=O)CC[C@H](N)C(=O)O.NC(=O)C[C@H](N)C(=O)O.N[C@@H](COC(=O)[C@@H](N)CS)C(=O)O. The normalized spacial score (nSPS) is 13.8. The van der Waals surface area contributed by atoms with E-state index in [9.17, 15) is 38.4 Å². The Bertz CT molecular complexity index is 956. The molecule has 20 N–H and O–H groups in total. The lowest BCUT2D eigenvalue weighted by molar-refractivity contribution is -0.161. The van der Waals surface area contributed by atoms with Gasteiger partial charge in [-0.1, -0.05) is 0 Å². The molecule has 6 atom stereocenters. The average molecular weight is 663 g/mol. The first-order valence-corrected chi connectivity index (χ1v) is 12.6. The number of ether oxygens (including phenoxy) is 2. The van der Waals surface area contributed by atoms with E-state index in [1.54, 1.807) is 0 Å². The largest absolute Gasteiger partial charge is 0.480 e. The number of aliphatic carboxylic acids is 3. The molecule has 0 spiro atoms. The molecule has 0 fully saturated rings. The van der Waals surface area contributed by atoms with Gasteiger partial charge in [-0.25, -0.2) is 4.79 Å². The van der Waals surface area contributed by atoms with Crippen molar-refractivity contribution in [3.63, 3.8) is 0 Å². The summed E-state index contributed by atoms with van der Waals surface area (Å²) in [6, 6.07) is -5.41. The highest BCUT2D eigenvalue weighted by atomic mass is 32.1. The van der Waals surface area contributed by atoms with Crippen LogP contribution in [0.1, 0.15) is 26.2 Å². The molecule has 0 saturated heterocycles. The third-order valence-electron chi connectivity index (χ3n) is 4.15. The second kappa shape index (κ2) is 26.6. The molecule has 0 aromatic heterocycles. The molecule has 23 heteroatoms. The van der Waals surface area contributed by atoms with E-state index in [2.05, 4.69) is 27.8 Å². The number of carbonyl (C=O) groups excluding carboxylic acids is 5. The van der Waals surface area contributed by atoms with Gasteiger partial charge in [-0.2, -0.15) is 12.6 Å². The van der Waals surface area contributed by atoms with Gasteiger partial charge in [0.05, 0.1) is 19.1 Å². The predicted molar refractivity (Wildman–Crippen MR) is 152 cm³/mol. The zero-order valence-electron chi connectivity index (χ0n) is 23.6. The van der Waals surface area contributed by atoms with E-state index in [1.165, 1.54) is 6.92 Å². The maximum atomic E-state index is 10.9. The maximum absolute atomic E-state index is 10.9. The van der Waals surface area contributed by atoms with Crippen LogP contribution in [0.15, 0.2) is 0 Å². The Balaban J connectivity index is -0.000000245. The van der Waals surface area contributed by atoms with Gasteiger partial charge in [-0.15, -0.1) is 0 Å². The summed E-state index contributed by atoms with van der Waals surface area (Å²) in [5, 5.41) is 33.5. The molecule has 0 heterocycles. The summed E-state index contributed by atoms with van der Waals surface area (Å²) < 4.78 is 8.63. The predicted octanol–water partition coefficient (Wildman–Crippen LogP) is -7.14. The van der Waals surface area contributed by atoms with Crippen LogP contribution in [0, 0.1) is 0 Å². The monoisotopic (exact) mass is 662 g/mol. The molecule has 0 aromatic rings. The standard InChI is InChI=1S/C6H12N2O4S.C6H12N2O4.C5H10N2O3.C4H8N2O3/c7-3(5(9)10)1-12-6(11)4(8)2-13;1-3(9)5(8)6(11)12-4(10)2-7;6-3(5(9)10)1-2-4(7)8;5-2(4(8)9)1-3(6)7/h3-4,13H,1-2,7-8H2,(H,9,10);3,5,9H,2,7-8H2,1H3;3H,1-2,6H2,(H2,7,8)(H,9,10);2H,1,5H2,(H2,6,7)(H,8,9)/t3-,4-;3-,5+;3-;2-/m0100/s1. The molecule has 0 aromatic carbocycles. The maximum Gasteiger partial charge on any atom is 0.333 e. The number of hydrogen-bond donors (Lipinski definition) is 13. The summed E-state index contributed by atoms with van der Waals surface area (Å²) in [7, 11) is 0. The minimum absolute atomic E-state index is 0.0213. The molecule has 0 aliphatic rings. The van der Waals surface area contributed by atoms with Crippen molar-refractivity contribution in [2.75, 3.05) is 18.9 Å². The Kier molecular flexibility index (Phi) is 28.4. The highest BCUT2D eigenvalue weighted by molar-refractivity contribution is 7.80. The van der Waals surface area contributed by atoms with Crippen LogP contribution in [0.3, 0.4) is 0 Å². The van der Waals surface area contributed by atoms with E-state index in [0.29, 0.717) is 0 Å². The Morgan fingerprint density at radius 1 is 0.727 bits per heavy atom. The highest BCUT2D eigenvalue weighted by Crippen LogP contribution is 1.93. The van der Waals surface area contributed by atoms with Crippen LogP contribution in [0.5, 0.6) is 0 Å². The van der Waals surface area contributed by atoms with Crippen LogP contribution in [0.25, 0.3) is 0 Å². The number of carboxylic acid groups (broad SMARTS) is 3. The van der Waals surface area contributed by atoms with Crippen molar-refractivity contribution in [3.05, 3.63) is 0 Å². The topological polar surface area (TPSA) is 444 Å². The smallest absolute Gasteiger partial charge is 0.333 e. The molecule has 44 heavy (non-hydrogen) atoms. The van der Waals surface area contributed by atoms with Gasteiger partial charge >= 0.3 is 35.8 Å². The van der Waals surface area contributed by atoms with Crippen LogP contribution >= 0.6 is 12.6 Å². The lowest BCUT2D eigenvalue weighted by Crippen LogP contribution is -2.42.